The molecule has 0 radical (unpaired) electrons. The molecule has 5 nitrogen and oxygen atoms in total. The van der Waals surface area contributed by atoms with Gasteiger partial charge in [-0.1, -0.05) is 46.3 Å². The minimum absolute atomic E-state index is 0.164. The van der Waals surface area contributed by atoms with Gasteiger partial charge in [0, 0.05) is 22.8 Å². The highest BCUT2D eigenvalue weighted by molar-refractivity contribution is 9.10. The van der Waals surface area contributed by atoms with Crippen LogP contribution in [0.3, 0.4) is 0 Å². The fourth-order valence-corrected chi connectivity index (χ4v) is 3.30. The van der Waals surface area contributed by atoms with Crippen LogP contribution in [0.1, 0.15) is 28.4 Å². The SMILES string of the molecule is CC(=O)Nc1cccc(NC(=O)c2ccccc2OCc2cccc(Br)c2)c1C. The average molecular weight is 453 g/mol. The molecule has 0 aliphatic heterocycles. The highest BCUT2D eigenvalue weighted by Gasteiger charge is 2.15. The molecular weight excluding hydrogens is 432 g/mol. The van der Waals surface area contributed by atoms with Crippen LogP contribution in [0, 0.1) is 6.92 Å². The van der Waals surface area contributed by atoms with E-state index >= 15 is 0 Å². The maximum absolute atomic E-state index is 12.9. The van der Waals surface area contributed by atoms with Crippen molar-refractivity contribution in [3.05, 3.63) is 87.9 Å². The molecule has 0 spiro atoms. The van der Waals surface area contributed by atoms with Crippen LogP contribution >= 0.6 is 15.9 Å². The molecule has 29 heavy (non-hydrogen) atoms. The number of carbonyl (C=O) groups is 2. The predicted molar refractivity (Wildman–Crippen MR) is 118 cm³/mol. The zero-order valence-corrected chi connectivity index (χ0v) is 17.7. The van der Waals surface area contributed by atoms with Gasteiger partial charge in [-0.05, 0) is 54.4 Å². The third kappa shape index (κ3) is 5.45. The maximum Gasteiger partial charge on any atom is 0.259 e. The lowest BCUT2D eigenvalue weighted by atomic mass is 10.1. The van der Waals surface area contributed by atoms with Gasteiger partial charge in [-0.15, -0.1) is 0 Å². The summed E-state index contributed by atoms with van der Waals surface area (Å²) in [6, 6.07) is 20.3. The first-order chi connectivity index (χ1) is 13.9. The van der Waals surface area contributed by atoms with E-state index in [0.717, 1.165) is 15.6 Å². The zero-order chi connectivity index (χ0) is 20.8. The topological polar surface area (TPSA) is 67.4 Å². The molecule has 0 fully saturated rings. The second-order valence-electron chi connectivity index (χ2n) is 6.53. The Kier molecular flexibility index (Phi) is 6.67. The van der Waals surface area contributed by atoms with Gasteiger partial charge >= 0.3 is 0 Å². The number of hydrogen-bond donors (Lipinski definition) is 2. The first kappa shape index (κ1) is 20.6. The van der Waals surface area contributed by atoms with Crippen LogP contribution in [0.15, 0.2) is 71.2 Å². The summed E-state index contributed by atoms with van der Waals surface area (Å²) in [6.45, 7) is 3.64. The van der Waals surface area contributed by atoms with Crippen molar-refractivity contribution in [3.8, 4) is 5.75 Å². The fraction of sp³-hybridized carbons (Fsp3) is 0.130. The Morgan fingerprint density at radius 2 is 1.62 bits per heavy atom. The van der Waals surface area contributed by atoms with Crippen LogP contribution in [0.2, 0.25) is 0 Å². The van der Waals surface area contributed by atoms with Crippen molar-refractivity contribution < 1.29 is 14.3 Å². The molecule has 0 heterocycles. The van der Waals surface area contributed by atoms with Crippen LogP contribution in [-0.4, -0.2) is 11.8 Å². The molecule has 148 valence electrons. The summed E-state index contributed by atoms with van der Waals surface area (Å²) in [5, 5.41) is 5.67. The molecule has 2 amide bonds. The molecular formula is C23H21BrN2O3. The minimum atomic E-state index is -0.280. The Bertz CT molecular complexity index is 1050. The van der Waals surface area contributed by atoms with Crippen LogP contribution in [0.4, 0.5) is 11.4 Å². The standard InChI is InChI=1S/C23H21BrN2O3/c1-15-20(25-16(2)27)10-6-11-21(15)26-23(28)19-9-3-4-12-22(19)29-14-17-7-5-8-18(24)13-17/h3-13H,14H2,1-2H3,(H,25,27)(H,26,28). The number of halogens is 1. The summed E-state index contributed by atoms with van der Waals surface area (Å²) in [5.74, 6) is 0.0569. The van der Waals surface area contributed by atoms with Gasteiger partial charge in [0.05, 0.1) is 5.56 Å². The van der Waals surface area contributed by atoms with Gasteiger partial charge in [0.15, 0.2) is 0 Å². The van der Waals surface area contributed by atoms with E-state index in [0.29, 0.717) is 29.3 Å². The van der Waals surface area contributed by atoms with Gasteiger partial charge in [-0.25, -0.2) is 0 Å². The summed E-state index contributed by atoms with van der Waals surface area (Å²) in [7, 11) is 0. The maximum atomic E-state index is 12.9. The molecule has 3 aromatic rings. The number of rotatable bonds is 6. The van der Waals surface area contributed by atoms with Crippen molar-refractivity contribution in [2.45, 2.75) is 20.5 Å². The van der Waals surface area contributed by atoms with E-state index in [9.17, 15) is 9.59 Å². The molecule has 0 aliphatic carbocycles. The van der Waals surface area contributed by atoms with Gasteiger partial charge in [0.1, 0.15) is 12.4 Å². The summed E-state index contributed by atoms with van der Waals surface area (Å²) in [5.41, 5.74) is 3.50. The minimum Gasteiger partial charge on any atom is -0.488 e. The molecule has 0 aliphatic rings. The molecule has 3 rings (SSSR count). The first-order valence-electron chi connectivity index (χ1n) is 9.09. The van der Waals surface area contributed by atoms with Gasteiger partial charge in [0.25, 0.3) is 5.91 Å². The lowest BCUT2D eigenvalue weighted by Gasteiger charge is -2.15. The van der Waals surface area contributed by atoms with Crippen molar-refractivity contribution in [3.63, 3.8) is 0 Å². The lowest BCUT2D eigenvalue weighted by Crippen LogP contribution is -2.15. The predicted octanol–water partition coefficient (Wildman–Crippen LogP) is 5.55. The Balaban J connectivity index is 1.77. The molecule has 2 N–H and O–H groups in total. The van der Waals surface area contributed by atoms with Crippen LogP contribution in [-0.2, 0) is 11.4 Å². The Labute approximate surface area is 178 Å². The van der Waals surface area contributed by atoms with Gasteiger partial charge in [-0.3, -0.25) is 9.59 Å². The fourth-order valence-electron chi connectivity index (χ4n) is 2.85. The number of anilines is 2. The molecule has 0 atom stereocenters. The number of hydrogen-bond acceptors (Lipinski definition) is 3. The molecule has 0 aromatic heterocycles. The summed E-state index contributed by atoms with van der Waals surface area (Å²) < 4.78 is 6.88. The van der Waals surface area contributed by atoms with E-state index in [-0.39, 0.29) is 11.8 Å². The van der Waals surface area contributed by atoms with Crippen LogP contribution in [0.5, 0.6) is 5.75 Å². The van der Waals surface area contributed by atoms with Crippen LogP contribution in [0.25, 0.3) is 0 Å². The van der Waals surface area contributed by atoms with Crippen molar-refractivity contribution in [2.75, 3.05) is 10.6 Å². The number of ether oxygens (including phenoxy) is 1. The van der Waals surface area contributed by atoms with E-state index in [1.165, 1.54) is 6.92 Å². The number of benzene rings is 3. The molecule has 0 saturated carbocycles. The normalized spacial score (nSPS) is 10.3. The third-order valence-electron chi connectivity index (χ3n) is 4.31. The van der Waals surface area contributed by atoms with Crippen LogP contribution < -0.4 is 15.4 Å². The Morgan fingerprint density at radius 3 is 2.34 bits per heavy atom. The van der Waals surface area contributed by atoms with Gasteiger partial charge in [0.2, 0.25) is 5.91 Å². The Hall–Kier alpha value is -3.12. The number of para-hydroxylation sites is 1. The number of nitrogens with one attached hydrogen (secondary N) is 2. The monoisotopic (exact) mass is 452 g/mol. The largest absolute Gasteiger partial charge is 0.488 e. The van der Waals surface area contributed by atoms with E-state index in [4.69, 9.17) is 4.74 Å². The van der Waals surface area contributed by atoms with Crippen molar-refractivity contribution >= 4 is 39.1 Å². The van der Waals surface area contributed by atoms with Crippen molar-refractivity contribution in [2.24, 2.45) is 0 Å². The van der Waals surface area contributed by atoms with E-state index in [1.54, 1.807) is 36.4 Å². The van der Waals surface area contributed by atoms with Crippen molar-refractivity contribution in [1.82, 2.24) is 0 Å². The molecule has 3 aromatic carbocycles. The highest BCUT2D eigenvalue weighted by atomic mass is 79.9. The quantitative estimate of drug-likeness (QED) is 0.515. The van der Waals surface area contributed by atoms with Crippen molar-refractivity contribution in [1.29, 1.82) is 0 Å². The second-order valence-corrected chi connectivity index (χ2v) is 7.44. The van der Waals surface area contributed by atoms with E-state index in [1.807, 2.05) is 37.3 Å². The van der Waals surface area contributed by atoms with E-state index in [2.05, 4.69) is 26.6 Å². The number of amides is 2. The molecule has 0 bridgehead atoms. The first-order valence-corrected chi connectivity index (χ1v) is 9.88. The molecule has 0 saturated heterocycles. The average Bonchev–Trinajstić information content (AvgIpc) is 2.69. The third-order valence-corrected chi connectivity index (χ3v) is 4.80. The molecule has 6 heteroatoms. The summed E-state index contributed by atoms with van der Waals surface area (Å²) in [6.07, 6.45) is 0. The lowest BCUT2D eigenvalue weighted by molar-refractivity contribution is -0.114. The Morgan fingerprint density at radius 1 is 0.931 bits per heavy atom. The van der Waals surface area contributed by atoms with E-state index < -0.39 is 0 Å². The zero-order valence-electron chi connectivity index (χ0n) is 16.2. The number of carbonyl (C=O) groups excluding carboxylic acids is 2. The molecule has 0 unspecified atom stereocenters. The highest BCUT2D eigenvalue weighted by Crippen LogP contribution is 2.26. The second kappa shape index (κ2) is 9.39. The van der Waals surface area contributed by atoms with Gasteiger partial charge < -0.3 is 15.4 Å². The summed E-state index contributed by atoms with van der Waals surface area (Å²) >= 11 is 3.44. The summed E-state index contributed by atoms with van der Waals surface area (Å²) in [4.78, 5) is 24.3. The smallest absolute Gasteiger partial charge is 0.259 e. The van der Waals surface area contributed by atoms with Gasteiger partial charge in [-0.2, -0.15) is 0 Å².